The monoisotopic (exact) mass is 872 g/mol. The van der Waals surface area contributed by atoms with Crippen molar-refractivity contribution in [2.45, 2.75) is 44.1 Å². The molecule has 1 saturated heterocycles. The number of benzene rings is 5. The first-order valence-corrected chi connectivity index (χ1v) is 21.4. The van der Waals surface area contributed by atoms with Crippen LogP contribution in [0.1, 0.15) is 63.5 Å². The third-order valence-electron chi connectivity index (χ3n) is 11.6. The molecule has 1 amide bonds. The van der Waals surface area contributed by atoms with E-state index in [-0.39, 0.29) is 72.5 Å². The van der Waals surface area contributed by atoms with E-state index in [0.29, 0.717) is 34.2 Å². The summed E-state index contributed by atoms with van der Waals surface area (Å²) in [7, 11) is 1.30. The number of aliphatic hydroxyl groups is 2. The summed E-state index contributed by atoms with van der Waals surface area (Å²) in [6.07, 6.45) is 1.09. The van der Waals surface area contributed by atoms with Crippen LogP contribution in [0.3, 0.4) is 0 Å². The Kier molecular flexibility index (Phi) is 15.0. The van der Waals surface area contributed by atoms with E-state index in [1.807, 2.05) is 18.2 Å². The van der Waals surface area contributed by atoms with Crippen molar-refractivity contribution in [1.29, 1.82) is 0 Å². The molecule has 2 heterocycles. The number of methoxy groups -OCH3 is 1. The number of amides is 1. The molecule has 0 radical (unpaired) electrons. The zero-order chi connectivity index (χ0) is 45.1. The Labute approximate surface area is 370 Å². The van der Waals surface area contributed by atoms with E-state index >= 15 is 4.39 Å². The highest BCUT2D eigenvalue weighted by atomic mass is 19.1. The number of likely N-dealkylation sites (tertiary alicyclic amines) is 1. The molecule has 0 bridgehead atoms. The zero-order valence-electron chi connectivity index (χ0n) is 35.6. The topological polar surface area (TPSA) is 183 Å². The molecule has 6 N–H and O–H groups in total. The second kappa shape index (κ2) is 21.2. The Morgan fingerprint density at radius 2 is 1.66 bits per heavy atom. The summed E-state index contributed by atoms with van der Waals surface area (Å²) in [5, 5.41) is 39.5. The quantitative estimate of drug-likeness (QED) is 0.0409. The molecule has 64 heavy (non-hydrogen) atoms. The number of carbonyl (C=O) groups excluding carboxylic acids is 2. The molecule has 6 aromatic rings. The van der Waals surface area contributed by atoms with Crippen molar-refractivity contribution in [2.75, 3.05) is 46.5 Å². The normalized spacial score (nSPS) is 14.7. The van der Waals surface area contributed by atoms with E-state index < -0.39 is 29.4 Å². The summed E-state index contributed by atoms with van der Waals surface area (Å²) in [4.78, 5) is 43.6. The number of rotatable bonds is 19. The Morgan fingerprint density at radius 3 is 2.41 bits per heavy atom. The summed E-state index contributed by atoms with van der Waals surface area (Å²) in [5.41, 5.74) is 0.338. The molecule has 0 spiro atoms. The number of aromatic amines is 1. The molecule has 13 nitrogen and oxygen atoms in total. The molecular formula is C50H53FN4O9. The highest BCUT2D eigenvalue weighted by Gasteiger charge is 2.42. The molecular weight excluding hydrogens is 820 g/mol. The Bertz CT molecular complexity index is 2580. The average molecular weight is 873 g/mol. The fourth-order valence-electron chi connectivity index (χ4n) is 8.04. The number of carbonyl (C=O) groups is 2. The van der Waals surface area contributed by atoms with Gasteiger partial charge in [0.2, 0.25) is 11.2 Å². The lowest BCUT2D eigenvalue weighted by Gasteiger charge is -2.33. The number of aromatic nitrogens is 1. The van der Waals surface area contributed by atoms with Crippen molar-refractivity contribution in [3.63, 3.8) is 0 Å². The first kappa shape index (κ1) is 45.4. The minimum Gasteiger partial charge on any atom is -0.506 e. The number of aromatic hydroxyl groups is 1. The van der Waals surface area contributed by atoms with Gasteiger partial charge in [0.15, 0.2) is 11.6 Å². The molecule has 334 valence electrons. The van der Waals surface area contributed by atoms with Crippen LogP contribution < -0.4 is 25.7 Å². The van der Waals surface area contributed by atoms with Gasteiger partial charge in [-0.2, -0.15) is 0 Å². The van der Waals surface area contributed by atoms with Gasteiger partial charge in [-0.1, -0.05) is 84.9 Å². The van der Waals surface area contributed by atoms with Gasteiger partial charge in [-0.3, -0.25) is 14.5 Å². The number of hydrogen-bond acceptors (Lipinski definition) is 11. The van der Waals surface area contributed by atoms with Crippen LogP contribution in [0.2, 0.25) is 0 Å². The molecule has 2 atom stereocenters. The van der Waals surface area contributed by atoms with Crippen LogP contribution in [0.5, 0.6) is 17.2 Å². The fraction of sp³-hybridized carbons (Fsp3) is 0.300. The largest absolute Gasteiger partial charge is 0.506 e. The number of pyridine rings is 1. The number of nitrogens with one attached hydrogen (secondary N) is 3. The average Bonchev–Trinajstić information content (AvgIpc) is 3.31. The van der Waals surface area contributed by atoms with Gasteiger partial charge in [-0.05, 0) is 85.3 Å². The minimum atomic E-state index is -2.09. The lowest BCUT2D eigenvalue weighted by molar-refractivity contribution is -0.164. The Hall–Kier alpha value is -6.58. The maximum absolute atomic E-state index is 15.6. The van der Waals surface area contributed by atoms with Crippen LogP contribution >= 0.6 is 0 Å². The van der Waals surface area contributed by atoms with E-state index in [4.69, 9.17) is 14.2 Å². The van der Waals surface area contributed by atoms with Crippen molar-refractivity contribution < 1.29 is 43.5 Å². The molecule has 1 aromatic heterocycles. The van der Waals surface area contributed by atoms with Crippen LogP contribution in [-0.4, -0.2) is 83.6 Å². The number of piperidine rings is 1. The fourth-order valence-corrected chi connectivity index (χ4v) is 8.04. The lowest BCUT2D eigenvalue weighted by Crippen LogP contribution is -2.40. The van der Waals surface area contributed by atoms with Gasteiger partial charge >= 0.3 is 5.97 Å². The summed E-state index contributed by atoms with van der Waals surface area (Å²) in [5.74, 6) is -1.92. The van der Waals surface area contributed by atoms with Crippen molar-refractivity contribution in [2.24, 2.45) is 5.92 Å². The number of phenolic OH excluding ortho intramolecular Hbond substituents is 1. The van der Waals surface area contributed by atoms with Gasteiger partial charge in [-0.15, -0.1) is 0 Å². The molecule has 7 rings (SSSR count). The molecule has 0 saturated carbocycles. The number of fused-ring (bicyclic) bond motifs is 1. The molecule has 1 aliphatic rings. The molecule has 14 heteroatoms. The zero-order valence-corrected chi connectivity index (χ0v) is 35.6. The van der Waals surface area contributed by atoms with Crippen LogP contribution in [0.25, 0.3) is 10.9 Å². The third kappa shape index (κ3) is 10.8. The standard InChI is InChI=1S/C50H53FN4O9/c1-62-47-35(29-52-30-43(57)39-18-20-42(56)46-40(39)19-21-44(58)54-46)16-17-41(45(47)51)48(59)53-24-9-27-63-38-15-8-14-37(28-38)50(61,36-12-6-3-7-13-36)49(60)64-32-34-22-25-55(26-23-34)31-33-10-4-2-5-11-33/h2-8,10-21,28,34,43,52,56-57,61H,9,22-27,29-32H2,1H3,(H,53,59)(H,54,58)/t43-,50?/m0/s1. The number of halogens is 1. The SMILES string of the molecule is COc1c(CNC[C@H](O)c2ccc(O)c3[nH]c(=O)ccc23)ccc(C(=O)NCCCOc2cccc(C(O)(C(=O)OCC3CCN(Cc4ccccc4)CC3)c3ccccc3)c2)c1F. The first-order valence-electron chi connectivity index (χ1n) is 21.4. The van der Waals surface area contributed by atoms with Gasteiger partial charge in [0.1, 0.15) is 11.5 Å². The Morgan fingerprint density at radius 1 is 0.922 bits per heavy atom. The van der Waals surface area contributed by atoms with E-state index in [9.17, 15) is 29.7 Å². The van der Waals surface area contributed by atoms with Crippen molar-refractivity contribution in [3.8, 4) is 17.2 Å². The number of hydrogen-bond donors (Lipinski definition) is 6. The minimum absolute atomic E-state index is 0.0504. The number of aliphatic hydroxyl groups excluding tert-OH is 1. The number of nitrogens with zero attached hydrogens (tertiary/aromatic N) is 1. The highest BCUT2D eigenvalue weighted by molar-refractivity contribution is 5.95. The second-order valence-corrected chi connectivity index (χ2v) is 15.9. The van der Waals surface area contributed by atoms with Crippen LogP contribution in [0, 0.1) is 11.7 Å². The summed E-state index contributed by atoms with van der Waals surface area (Å²) in [6, 6.07) is 34.4. The predicted molar refractivity (Wildman–Crippen MR) is 240 cm³/mol. The number of esters is 1. The molecule has 1 fully saturated rings. The van der Waals surface area contributed by atoms with Gasteiger partial charge in [0, 0.05) is 48.8 Å². The summed E-state index contributed by atoms with van der Waals surface area (Å²) < 4.78 is 32.8. The maximum atomic E-state index is 15.6. The van der Waals surface area contributed by atoms with Gasteiger partial charge < -0.3 is 45.1 Å². The molecule has 5 aromatic carbocycles. The maximum Gasteiger partial charge on any atom is 0.347 e. The van der Waals surface area contributed by atoms with Gasteiger partial charge in [-0.25, -0.2) is 9.18 Å². The number of H-pyrrole nitrogens is 1. The number of ether oxygens (including phenoxy) is 3. The predicted octanol–water partition coefficient (Wildman–Crippen LogP) is 6.09. The first-order chi connectivity index (χ1) is 31.0. The lowest BCUT2D eigenvalue weighted by atomic mass is 9.86. The third-order valence-corrected chi connectivity index (χ3v) is 11.6. The van der Waals surface area contributed by atoms with Crippen LogP contribution in [0.15, 0.2) is 126 Å². The van der Waals surface area contributed by atoms with Crippen LogP contribution in [-0.2, 0) is 28.2 Å². The van der Waals surface area contributed by atoms with Gasteiger partial charge in [0.05, 0.1) is 37.5 Å². The van der Waals surface area contributed by atoms with E-state index in [1.54, 1.807) is 66.7 Å². The highest BCUT2D eigenvalue weighted by Crippen LogP contribution is 2.34. The van der Waals surface area contributed by atoms with E-state index in [2.05, 4.69) is 32.7 Å². The Balaban J connectivity index is 0.895. The second-order valence-electron chi connectivity index (χ2n) is 15.9. The van der Waals surface area contributed by atoms with Crippen LogP contribution in [0.4, 0.5) is 4.39 Å². The van der Waals surface area contributed by atoms with Gasteiger partial charge in [0.25, 0.3) is 5.91 Å². The smallest absolute Gasteiger partial charge is 0.347 e. The molecule has 0 aliphatic carbocycles. The summed E-state index contributed by atoms with van der Waals surface area (Å²) >= 11 is 0. The molecule has 1 aliphatic heterocycles. The number of phenols is 1. The van der Waals surface area contributed by atoms with Crippen molar-refractivity contribution in [1.82, 2.24) is 20.5 Å². The summed E-state index contributed by atoms with van der Waals surface area (Å²) in [6.45, 7) is 3.34. The van der Waals surface area contributed by atoms with Crippen molar-refractivity contribution in [3.05, 3.63) is 171 Å². The molecule has 1 unspecified atom stereocenters. The van der Waals surface area contributed by atoms with E-state index in [1.165, 1.54) is 36.9 Å². The van der Waals surface area contributed by atoms with E-state index in [0.717, 1.165) is 32.5 Å². The van der Waals surface area contributed by atoms with Crippen molar-refractivity contribution >= 4 is 22.8 Å².